The molecule has 94 valence electrons. The van der Waals surface area contributed by atoms with E-state index in [0.717, 1.165) is 33.5 Å². The van der Waals surface area contributed by atoms with Crippen LogP contribution in [0.15, 0.2) is 48.8 Å². The van der Waals surface area contributed by atoms with E-state index in [1.807, 2.05) is 30.3 Å². The molecule has 3 rings (SSSR count). The van der Waals surface area contributed by atoms with E-state index in [2.05, 4.69) is 18.0 Å². The van der Waals surface area contributed by atoms with Crippen LogP contribution in [0, 0.1) is 6.92 Å². The van der Waals surface area contributed by atoms with E-state index in [-0.39, 0.29) is 0 Å². The van der Waals surface area contributed by atoms with Crippen LogP contribution in [0.5, 0.6) is 5.75 Å². The van der Waals surface area contributed by atoms with Crippen LogP contribution in [0.3, 0.4) is 0 Å². The molecule has 2 aromatic heterocycles. The Labute approximate surface area is 111 Å². The second-order valence-corrected chi connectivity index (χ2v) is 4.42. The van der Waals surface area contributed by atoms with Gasteiger partial charge in [0.15, 0.2) is 0 Å². The van der Waals surface area contributed by atoms with Crippen molar-refractivity contribution in [1.82, 2.24) is 9.97 Å². The molecule has 0 aliphatic carbocycles. The van der Waals surface area contributed by atoms with E-state index < -0.39 is 0 Å². The predicted molar refractivity (Wildman–Crippen MR) is 76.3 cm³/mol. The van der Waals surface area contributed by atoms with Crippen molar-refractivity contribution in [3.63, 3.8) is 0 Å². The molecule has 0 unspecified atom stereocenters. The third-order valence-electron chi connectivity index (χ3n) is 3.17. The van der Waals surface area contributed by atoms with Crippen molar-refractivity contribution in [1.29, 1.82) is 0 Å². The highest BCUT2D eigenvalue weighted by molar-refractivity contribution is 5.83. The number of nitrogens with zero attached hydrogens (tertiary/aromatic N) is 2. The summed E-state index contributed by atoms with van der Waals surface area (Å²) in [5.74, 6) is 0.835. The van der Waals surface area contributed by atoms with E-state index in [0.29, 0.717) is 0 Å². The maximum absolute atomic E-state index is 5.41. The Bertz CT molecular complexity index is 738. The number of para-hydroxylation sites is 1. The van der Waals surface area contributed by atoms with Gasteiger partial charge in [0, 0.05) is 17.1 Å². The average molecular weight is 250 g/mol. The lowest BCUT2D eigenvalue weighted by Gasteiger charge is -2.11. The normalized spacial score (nSPS) is 10.6. The van der Waals surface area contributed by atoms with Crippen molar-refractivity contribution in [3.05, 3.63) is 54.4 Å². The summed E-state index contributed by atoms with van der Waals surface area (Å²) in [5, 5.41) is 1.10. The summed E-state index contributed by atoms with van der Waals surface area (Å²) < 4.78 is 5.41. The third kappa shape index (κ3) is 2.03. The molecule has 0 amide bonds. The predicted octanol–water partition coefficient (Wildman–Crippen LogP) is 3.61. The number of rotatable bonds is 2. The molecule has 3 heteroatoms. The highest BCUT2D eigenvalue weighted by atomic mass is 16.5. The van der Waals surface area contributed by atoms with E-state index in [1.54, 1.807) is 19.5 Å². The molecule has 0 spiro atoms. The van der Waals surface area contributed by atoms with Gasteiger partial charge in [-0.3, -0.25) is 4.98 Å². The first-order valence-corrected chi connectivity index (χ1v) is 6.14. The van der Waals surface area contributed by atoms with Crippen LogP contribution in [0.4, 0.5) is 0 Å². The van der Waals surface area contributed by atoms with Crippen LogP contribution in [0.2, 0.25) is 0 Å². The van der Waals surface area contributed by atoms with Gasteiger partial charge in [-0.1, -0.05) is 12.1 Å². The lowest BCUT2D eigenvalue weighted by molar-refractivity contribution is 0.416. The van der Waals surface area contributed by atoms with Crippen molar-refractivity contribution in [2.75, 3.05) is 7.11 Å². The number of hydrogen-bond donors (Lipinski definition) is 0. The van der Waals surface area contributed by atoms with Gasteiger partial charge in [-0.25, -0.2) is 4.98 Å². The number of aryl methyl sites for hydroxylation is 1. The van der Waals surface area contributed by atoms with Crippen LogP contribution in [-0.2, 0) is 0 Å². The summed E-state index contributed by atoms with van der Waals surface area (Å²) >= 11 is 0. The first kappa shape index (κ1) is 11.7. The van der Waals surface area contributed by atoms with Crippen LogP contribution < -0.4 is 4.74 Å². The highest BCUT2D eigenvalue weighted by Gasteiger charge is 2.10. The molecule has 0 N–H and O–H groups in total. The monoisotopic (exact) mass is 250 g/mol. The van der Waals surface area contributed by atoms with Crippen LogP contribution in [-0.4, -0.2) is 17.1 Å². The summed E-state index contributed by atoms with van der Waals surface area (Å²) in [6.07, 6.45) is 3.57. The van der Waals surface area contributed by atoms with Gasteiger partial charge in [0.2, 0.25) is 0 Å². The minimum absolute atomic E-state index is 0.835. The first-order valence-electron chi connectivity index (χ1n) is 6.14. The molecule has 19 heavy (non-hydrogen) atoms. The molecule has 0 saturated heterocycles. The highest BCUT2D eigenvalue weighted by Crippen LogP contribution is 2.31. The Morgan fingerprint density at radius 3 is 2.79 bits per heavy atom. The second-order valence-electron chi connectivity index (χ2n) is 4.42. The maximum Gasteiger partial charge on any atom is 0.128 e. The van der Waals surface area contributed by atoms with Gasteiger partial charge < -0.3 is 4.74 Å². The summed E-state index contributed by atoms with van der Waals surface area (Å²) in [5.41, 5.74) is 3.98. The molecule has 0 radical (unpaired) electrons. The Kier molecular flexibility index (Phi) is 2.88. The Morgan fingerprint density at radius 1 is 1.11 bits per heavy atom. The van der Waals surface area contributed by atoms with Crippen LogP contribution in [0.25, 0.3) is 22.2 Å². The first-order chi connectivity index (χ1) is 9.29. The summed E-state index contributed by atoms with van der Waals surface area (Å²) in [6.45, 7) is 2.06. The molecule has 0 aliphatic rings. The van der Waals surface area contributed by atoms with Gasteiger partial charge in [-0.2, -0.15) is 0 Å². The number of pyridine rings is 2. The van der Waals surface area contributed by atoms with E-state index in [9.17, 15) is 0 Å². The molecule has 3 aromatic rings. The quantitative estimate of drug-likeness (QED) is 0.696. The Balaban J connectivity index is 2.27. The van der Waals surface area contributed by atoms with Gasteiger partial charge in [0.25, 0.3) is 0 Å². The van der Waals surface area contributed by atoms with Gasteiger partial charge >= 0.3 is 0 Å². The summed E-state index contributed by atoms with van der Waals surface area (Å²) in [4.78, 5) is 8.84. The number of methoxy groups -OCH3 is 1. The van der Waals surface area contributed by atoms with Crippen molar-refractivity contribution in [3.8, 4) is 17.0 Å². The zero-order valence-electron chi connectivity index (χ0n) is 10.9. The fourth-order valence-electron chi connectivity index (χ4n) is 2.24. The molecule has 1 aromatic carbocycles. The molecule has 2 heterocycles. The lowest BCUT2D eigenvalue weighted by atomic mass is 10.0. The zero-order chi connectivity index (χ0) is 13.2. The standard InChI is InChI=1S/C16H14N2O/c1-11-9-12-7-8-17-10-14(12)18-16(11)13-5-3-4-6-15(13)19-2/h3-10H,1-2H3. The minimum atomic E-state index is 0.835. The molecule has 0 fully saturated rings. The van der Waals surface area contributed by atoms with E-state index >= 15 is 0 Å². The largest absolute Gasteiger partial charge is 0.496 e. The third-order valence-corrected chi connectivity index (χ3v) is 3.17. The molecule has 3 nitrogen and oxygen atoms in total. The Morgan fingerprint density at radius 2 is 1.95 bits per heavy atom. The smallest absolute Gasteiger partial charge is 0.128 e. The number of hydrogen-bond acceptors (Lipinski definition) is 3. The number of ether oxygens (including phenoxy) is 1. The van der Waals surface area contributed by atoms with Crippen molar-refractivity contribution in [2.45, 2.75) is 6.92 Å². The lowest BCUT2D eigenvalue weighted by Crippen LogP contribution is -1.93. The van der Waals surface area contributed by atoms with Crippen molar-refractivity contribution < 1.29 is 4.74 Å². The summed E-state index contributed by atoms with van der Waals surface area (Å²) in [6, 6.07) is 12.0. The molecule has 0 aliphatic heterocycles. The molecular weight excluding hydrogens is 236 g/mol. The van der Waals surface area contributed by atoms with Crippen LogP contribution >= 0.6 is 0 Å². The van der Waals surface area contributed by atoms with Gasteiger partial charge in [0.1, 0.15) is 5.75 Å². The zero-order valence-corrected chi connectivity index (χ0v) is 10.9. The topological polar surface area (TPSA) is 35.0 Å². The van der Waals surface area contributed by atoms with E-state index in [4.69, 9.17) is 9.72 Å². The van der Waals surface area contributed by atoms with Gasteiger partial charge in [-0.15, -0.1) is 0 Å². The number of fused-ring (bicyclic) bond motifs is 1. The van der Waals surface area contributed by atoms with Gasteiger partial charge in [0.05, 0.1) is 24.5 Å². The fraction of sp³-hybridized carbons (Fsp3) is 0.125. The van der Waals surface area contributed by atoms with Crippen molar-refractivity contribution >= 4 is 10.9 Å². The second kappa shape index (κ2) is 4.69. The minimum Gasteiger partial charge on any atom is -0.496 e. The van der Waals surface area contributed by atoms with Gasteiger partial charge in [-0.05, 0) is 36.8 Å². The SMILES string of the molecule is COc1ccccc1-c1nc2cnccc2cc1C. The van der Waals surface area contributed by atoms with E-state index in [1.165, 1.54) is 0 Å². The fourth-order valence-corrected chi connectivity index (χ4v) is 2.24. The van der Waals surface area contributed by atoms with Crippen molar-refractivity contribution in [2.24, 2.45) is 0 Å². The Hall–Kier alpha value is -2.42. The molecular formula is C16H14N2O. The number of aromatic nitrogens is 2. The van der Waals surface area contributed by atoms with Crippen LogP contribution in [0.1, 0.15) is 5.56 Å². The molecule has 0 atom stereocenters. The maximum atomic E-state index is 5.41. The number of benzene rings is 1. The summed E-state index contributed by atoms with van der Waals surface area (Å²) in [7, 11) is 1.68. The molecule has 0 saturated carbocycles. The average Bonchev–Trinajstić information content (AvgIpc) is 2.46. The molecule has 0 bridgehead atoms.